The first kappa shape index (κ1) is 18.8. The van der Waals surface area contributed by atoms with Crippen LogP contribution in [0.3, 0.4) is 0 Å². The maximum Gasteiger partial charge on any atom is 0.233 e. The lowest BCUT2D eigenvalue weighted by atomic mass is 9.98. The van der Waals surface area contributed by atoms with Gasteiger partial charge in [-0.3, -0.25) is 9.59 Å². The Hall–Kier alpha value is -2.98. The van der Waals surface area contributed by atoms with Crippen LogP contribution >= 0.6 is 0 Å². The summed E-state index contributed by atoms with van der Waals surface area (Å²) >= 11 is 0. The molecule has 27 heavy (non-hydrogen) atoms. The van der Waals surface area contributed by atoms with Crippen LogP contribution in [0.5, 0.6) is 0 Å². The molecule has 138 valence electrons. The molecule has 0 aliphatic carbocycles. The van der Waals surface area contributed by atoms with E-state index in [4.69, 9.17) is 0 Å². The van der Waals surface area contributed by atoms with Crippen LogP contribution in [0.2, 0.25) is 0 Å². The van der Waals surface area contributed by atoms with Crippen molar-refractivity contribution in [3.8, 4) is 0 Å². The molecule has 4 heteroatoms. The lowest BCUT2D eigenvalue weighted by Crippen LogP contribution is -2.87. The van der Waals surface area contributed by atoms with E-state index >= 15 is 0 Å². The number of Topliss-reactive ketones (excluding diaryl/α,β-unsaturated/α-hetero) is 2. The Morgan fingerprint density at radius 2 is 1.44 bits per heavy atom. The predicted molar refractivity (Wildman–Crippen MR) is 106 cm³/mol. The Labute approximate surface area is 159 Å². The first-order valence-corrected chi connectivity index (χ1v) is 9.15. The first-order chi connectivity index (χ1) is 13.0. The van der Waals surface area contributed by atoms with Gasteiger partial charge in [0.05, 0.1) is 5.69 Å². The van der Waals surface area contributed by atoms with Crippen molar-refractivity contribution in [2.45, 2.75) is 26.8 Å². The number of carbonyl (C=O) groups is 2. The summed E-state index contributed by atoms with van der Waals surface area (Å²) < 4.78 is 0. The lowest BCUT2D eigenvalue weighted by molar-refractivity contribution is -0.675. The van der Waals surface area contributed by atoms with Crippen LogP contribution in [0, 0.1) is 13.8 Å². The molecule has 0 spiro atoms. The van der Waals surface area contributed by atoms with Crippen LogP contribution < -0.4 is 5.32 Å². The van der Waals surface area contributed by atoms with Gasteiger partial charge in [-0.05, 0) is 26.3 Å². The molecule has 4 nitrogen and oxygen atoms in total. The fourth-order valence-electron chi connectivity index (χ4n) is 3.67. The number of carbonyl (C=O) groups excluding carboxylic acids is 2. The molecule has 0 saturated heterocycles. The van der Waals surface area contributed by atoms with Gasteiger partial charge in [0.25, 0.3) is 0 Å². The second kappa shape index (κ2) is 8.14. The summed E-state index contributed by atoms with van der Waals surface area (Å²) in [5.41, 5.74) is 4.97. The van der Waals surface area contributed by atoms with E-state index in [2.05, 4.69) is 34.6 Å². The van der Waals surface area contributed by atoms with Crippen LogP contribution in [0.1, 0.15) is 56.2 Å². The zero-order chi connectivity index (χ0) is 19.4. The van der Waals surface area contributed by atoms with Gasteiger partial charge in [-0.2, -0.15) is 0 Å². The van der Waals surface area contributed by atoms with Gasteiger partial charge < -0.3 is 10.3 Å². The Balaban J connectivity index is 1.83. The van der Waals surface area contributed by atoms with Crippen LogP contribution in [0.25, 0.3) is 0 Å². The topological polar surface area (TPSA) is 66.5 Å². The zero-order valence-electron chi connectivity index (χ0n) is 16.0. The molecular weight excluding hydrogens is 336 g/mol. The van der Waals surface area contributed by atoms with Crippen molar-refractivity contribution in [2.24, 2.45) is 0 Å². The van der Waals surface area contributed by atoms with Gasteiger partial charge in [-0.25, -0.2) is 0 Å². The van der Waals surface area contributed by atoms with Crippen LogP contribution in [-0.4, -0.2) is 23.1 Å². The van der Waals surface area contributed by atoms with Crippen LogP contribution in [0.4, 0.5) is 0 Å². The molecule has 0 unspecified atom stereocenters. The van der Waals surface area contributed by atoms with E-state index in [0.717, 1.165) is 22.4 Å². The molecule has 0 aliphatic rings. The maximum atomic E-state index is 12.8. The number of nitrogens with one attached hydrogen (secondary N) is 1. The number of aromatic amines is 1. The van der Waals surface area contributed by atoms with Crippen molar-refractivity contribution in [2.75, 3.05) is 6.54 Å². The normalized spacial score (nSPS) is 11.0. The van der Waals surface area contributed by atoms with E-state index in [1.165, 1.54) is 6.92 Å². The van der Waals surface area contributed by atoms with Gasteiger partial charge in [0.15, 0.2) is 5.78 Å². The van der Waals surface area contributed by atoms with Crippen molar-refractivity contribution in [3.63, 3.8) is 0 Å². The highest BCUT2D eigenvalue weighted by atomic mass is 16.1. The largest absolute Gasteiger partial charge is 0.355 e. The zero-order valence-corrected chi connectivity index (χ0v) is 16.0. The molecule has 2 aromatic carbocycles. The summed E-state index contributed by atoms with van der Waals surface area (Å²) in [7, 11) is 0. The average Bonchev–Trinajstić information content (AvgIpc) is 2.98. The van der Waals surface area contributed by atoms with Crippen molar-refractivity contribution in [1.29, 1.82) is 0 Å². The number of hydrogen-bond donors (Lipinski definition) is 2. The van der Waals surface area contributed by atoms with Crippen LogP contribution in [-0.2, 0) is 0 Å². The number of hydrogen-bond acceptors (Lipinski definition) is 2. The minimum Gasteiger partial charge on any atom is -0.355 e. The Morgan fingerprint density at radius 1 is 0.926 bits per heavy atom. The molecule has 0 radical (unpaired) electrons. The maximum absolute atomic E-state index is 12.8. The Bertz CT molecular complexity index is 904. The number of rotatable bonds is 7. The first-order valence-electron chi connectivity index (χ1n) is 9.15. The number of aryl methyl sites for hydroxylation is 1. The van der Waals surface area contributed by atoms with Crippen molar-refractivity contribution in [3.05, 3.63) is 94.3 Å². The molecule has 3 aromatic rings. The molecule has 1 heterocycles. The fraction of sp³-hybridized carbons (Fsp3) is 0.217. The monoisotopic (exact) mass is 361 g/mol. The Morgan fingerprint density at radius 3 is 1.89 bits per heavy atom. The molecule has 3 N–H and O–H groups in total. The third-order valence-electron chi connectivity index (χ3n) is 4.92. The lowest BCUT2D eigenvalue weighted by Gasteiger charge is -2.16. The standard InChI is InChI=1S/C23H24N2O2/c1-15-21(17(3)26)16(2)25-22(15)20(27)14-24-23(18-10-6-4-7-11-18)19-12-8-5-9-13-19/h4-13,23-25H,14H2,1-3H3/p+1. The van der Waals surface area contributed by atoms with Crippen LogP contribution in [0.15, 0.2) is 60.7 Å². The number of aromatic nitrogens is 1. The van der Waals surface area contributed by atoms with E-state index in [1.807, 2.05) is 50.2 Å². The van der Waals surface area contributed by atoms with Gasteiger partial charge in [-0.1, -0.05) is 60.7 Å². The van der Waals surface area contributed by atoms with Gasteiger partial charge in [0.2, 0.25) is 5.78 Å². The van der Waals surface area contributed by atoms with Crippen molar-refractivity contribution in [1.82, 2.24) is 4.98 Å². The second-order valence-corrected chi connectivity index (χ2v) is 6.84. The molecule has 0 fully saturated rings. The van der Waals surface area contributed by atoms with Crippen molar-refractivity contribution < 1.29 is 14.9 Å². The SMILES string of the molecule is CC(=O)c1c(C)[nH]c(C(=O)C[NH2+]C(c2ccccc2)c2ccccc2)c1C. The quantitative estimate of drug-likeness (QED) is 0.634. The van der Waals surface area contributed by atoms with E-state index in [0.29, 0.717) is 17.8 Å². The second-order valence-electron chi connectivity index (χ2n) is 6.84. The minimum absolute atomic E-state index is 0.0000350. The van der Waals surface area contributed by atoms with Gasteiger partial charge in [-0.15, -0.1) is 0 Å². The van der Waals surface area contributed by atoms with E-state index in [-0.39, 0.29) is 17.6 Å². The number of ketones is 2. The number of benzene rings is 2. The highest BCUT2D eigenvalue weighted by Crippen LogP contribution is 2.20. The average molecular weight is 361 g/mol. The number of quaternary nitrogens is 1. The summed E-state index contributed by atoms with van der Waals surface area (Å²) in [6.45, 7) is 5.50. The molecule has 0 saturated carbocycles. The van der Waals surface area contributed by atoms with Crippen molar-refractivity contribution >= 4 is 11.6 Å². The predicted octanol–water partition coefficient (Wildman–Crippen LogP) is 3.37. The molecule has 3 rings (SSSR count). The van der Waals surface area contributed by atoms with E-state index < -0.39 is 0 Å². The molecule has 0 atom stereocenters. The Kier molecular flexibility index (Phi) is 5.67. The van der Waals surface area contributed by atoms with Gasteiger partial charge in [0, 0.05) is 22.4 Å². The number of nitrogens with two attached hydrogens (primary N) is 1. The fourth-order valence-corrected chi connectivity index (χ4v) is 3.67. The van der Waals surface area contributed by atoms with Gasteiger partial charge in [0.1, 0.15) is 12.6 Å². The summed E-state index contributed by atoms with van der Waals surface area (Å²) in [6, 6.07) is 20.4. The van der Waals surface area contributed by atoms with E-state index in [9.17, 15) is 9.59 Å². The third kappa shape index (κ3) is 4.07. The molecule has 1 aromatic heterocycles. The van der Waals surface area contributed by atoms with Gasteiger partial charge >= 0.3 is 0 Å². The smallest absolute Gasteiger partial charge is 0.233 e. The summed E-state index contributed by atoms with van der Waals surface area (Å²) in [4.78, 5) is 27.8. The molecular formula is C23H25N2O2+. The summed E-state index contributed by atoms with van der Waals surface area (Å²) in [5, 5.41) is 2.05. The highest BCUT2D eigenvalue weighted by molar-refractivity contribution is 6.03. The third-order valence-corrected chi connectivity index (χ3v) is 4.92. The van der Waals surface area contributed by atoms with E-state index in [1.54, 1.807) is 0 Å². The molecule has 0 bridgehead atoms. The summed E-state index contributed by atoms with van der Waals surface area (Å²) in [6.07, 6.45) is 0. The highest BCUT2D eigenvalue weighted by Gasteiger charge is 2.23. The molecule has 0 amide bonds. The molecule has 0 aliphatic heterocycles. The number of H-pyrrole nitrogens is 1. The summed E-state index contributed by atoms with van der Waals surface area (Å²) in [5.74, 6) is -0.0179. The minimum atomic E-state index is -0.0178.